The highest BCUT2D eigenvalue weighted by molar-refractivity contribution is 5.22. The smallest absolute Gasteiger partial charge is 0.317 e. The van der Waals surface area contributed by atoms with Crippen LogP contribution in [0.25, 0.3) is 0 Å². The van der Waals surface area contributed by atoms with Crippen molar-refractivity contribution in [3.05, 3.63) is 5.89 Å². The maximum absolute atomic E-state index is 9.26. The second kappa shape index (κ2) is 5.67. The zero-order chi connectivity index (χ0) is 13.1. The van der Waals surface area contributed by atoms with E-state index in [1.165, 1.54) is 0 Å². The van der Waals surface area contributed by atoms with Crippen molar-refractivity contribution in [1.29, 1.82) is 0 Å². The summed E-state index contributed by atoms with van der Waals surface area (Å²) < 4.78 is 5.63. The number of aliphatic hydroxyl groups is 1. The molecule has 1 heterocycles. The van der Waals surface area contributed by atoms with Crippen LogP contribution in [0.5, 0.6) is 0 Å². The highest BCUT2D eigenvalue weighted by atomic mass is 16.4. The lowest BCUT2D eigenvalue weighted by Crippen LogP contribution is -2.37. The van der Waals surface area contributed by atoms with Crippen LogP contribution in [0.4, 0.5) is 6.01 Å². The molecule has 1 aliphatic carbocycles. The van der Waals surface area contributed by atoms with E-state index in [1.54, 1.807) is 0 Å². The molecule has 0 spiro atoms. The van der Waals surface area contributed by atoms with E-state index >= 15 is 0 Å². The van der Waals surface area contributed by atoms with Crippen LogP contribution in [0.1, 0.15) is 38.6 Å². The van der Waals surface area contributed by atoms with E-state index in [0.29, 0.717) is 17.8 Å². The van der Waals surface area contributed by atoms with Crippen molar-refractivity contribution in [3.8, 4) is 0 Å². The van der Waals surface area contributed by atoms with Gasteiger partial charge in [0.2, 0.25) is 5.89 Å². The Bertz CT molecular complexity index is 376. The van der Waals surface area contributed by atoms with Gasteiger partial charge in [0.1, 0.15) is 0 Å². The quantitative estimate of drug-likeness (QED) is 0.787. The number of aromatic nitrogens is 2. The molecule has 18 heavy (non-hydrogen) atoms. The van der Waals surface area contributed by atoms with Crippen molar-refractivity contribution >= 4 is 6.01 Å². The lowest BCUT2D eigenvalue weighted by Gasteiger charge is -2.33. The Balaban J connectivity index is 1.88. The van der Waals surface area contributed by atoms with Gasteiger partial charge in [0.15, 0.2) is 0 Å². The van der Waals surface area contributed by atoms with Crippen molar-refractivity contribution < 1.29 is 9.52 Å². The highest BCUT2D eigenvalue weighted by Crippen LogP contribution is 2.28. The van der Waals surface area contributed by atoms with Gasteiger partial charge < -0.3 is 19.7 Å². The first-order valence-corrected chi connectivity index (χ1v) is 6.56. The molecule has 0 saturated heterocycles. The Hall–Kier alpha value is -1.14. The molecule has 1 aromatic rings. The number of nitrogens with zero attached hydrogens (tertiary/aromatic N) is 3. The van der Waals surface area contributed by atoms with E-state index in [-0.39, 0.29) is 12.1 Å². The minimum absolute atomic E-state index is 0.0789. The van der Waals surface area contributed by atoms with E-state index in [0.717, 1.165) is 25.9 Å². The fraction of sp³-hybridized carbons (Fsp3) is 0.833. The summed E-state index contributed by atoms with van der Waals surface area (Å²) in [5.74, 6) is 1.15. The molecule has 1 fully saturated rings. The molecule has 2 N–H and O–H groups in total. The predicted octanol–water partition coefficient (Wildman–Crippen LogP) is 0.947. The summed E-state index contributed by atoms with van der Waals surface area (Å²) in [5, 5.41) is 20.6. The molecule has 1 saturated carbocycles. The fourth-order valence-corrected chi connectivity index (χ4v) is 2.26. The van der Waals surface area contributed by atoms with Crippen LogP contribution in [-0.2, 0) is 0 Å². The van der Waals surface area contributed by atoms with Crippen molar-refractivity contribution in [1.82, 2.24) is 15.5 Å². The van der Waals surface area contributed by atoms with Crippen LogP contribution in [0.3, 0.4) is 0 Å². The van der Waals surface area contributed by atoms with Crippen LogP contribution in [-0.4, -0.2) is 41.5 Å². The Morgan fingerprint density at radius 1 is 1.50 bits per heavy atom. The molecule has 0 aromatic carbocycles. The molecule has 1 atom stereocenters. The minimum atomic E-state index is -0.115. The van der Waals surface area contributed by atoms with Gasteiger partial charge in [0, 0.05) is 13.6 Å². The van der Waals surface area contributed by atoms with Gasteiger partial charge >= 0.3 is 6.01 Å². The number of hydrogen-bond donors (Lipinski definition) is 2. The number of rotatable bonds is 6. The number of anilines is 1. The summed E-state index contributed by atoms with van der Waals surface area (Å²) in [4.78, 5) is 1.96. The summed E-state index contributed by atoms with van der Waals surface area (Å²) in [5.41, 5.74) is 0. The number of hydrogen-bond acceptors (Lipinski definition) is 6. The largest absolute Gasteiger partial charge is 0.406 e. The van der Waals surface area contributed by atoms with Crippen molar-refractivity contribution in [2.45, 2.75) is 38.8 Å². The SMILES string of the molecule is CCNC(C)c1nnc(N(C)CC2CC(O)C2)o1. The second-order valence-electron chi connectivity index (χ2n) is 5.07. The molecular weight excluding hydrogens is 232 g/mol. The molecular formula is C12H22N4O2. The molecule has 0 bridgehead atoms. The summed E-state index contributed by atoms with van der Waals surface area (Å²) in [6.45, 7) is 5.77. The van der Waals surface area contributed by atoms with Gasteiger partial charge in [0.05, 0.1) is 12.1 Å². The van der Waals surface area contributed by atoms with Gasteiger partial charge in [-0.2, -0.15) is 0 Å². The average Bonchev–Trinajstić information content (AvgIpc) is 2.76. The summed E-state index contributed by atoms with van der Waals surface area (Å²) in [6, 6.07) is 0.631. The third-order valence-electron chi connectivity index (χ3n) is 3.38. The van der Waals surface area contributed by atoms with Gasteiger partial charge in [-0.05, 0) is 32.2 Å². The van der Waals surface area contributed by atoms with Gasteiger partial charge in [-0.15, -0.1) is 5.10 Å². The maximum Gasteiger partial charge on any atom is 0.317 e. The molecule has 0 amide bonds. The lowest BCUT2D eigenvalue weighted by molar-refractivity contribution is 0.0461. The van der Waals surface area contributed by atoms with Gasteiger partial charge in [-0.1, -0.05) is 12.0 Å². The van der Waals surface area contributed by atoms with Crippen molar-refractivity contribution in [3.63, 3.8) is 0 Å². The normalized spacial score (nSPS) is 24.7. The lowest BCUT2D eigenvalue weighted by atomic mass is 9.82. The minimum Gasteiger partial charge on any atom is -0.406 e. The Morgan fingerprint density at radius 2 is 2.22 bits per heavy atom. The van der Waals surface area contributed by atoms with Crippen LogP contribution < -0.4 is 10.2 Å². The molecule has 1 aliphatic rings. The Morgan fingerprint density at radius 3 is 2.83 bits per heavy atom. The van der Waals surface area contributed by atoms with E-state index in [4.69, 9.17) is 4.42 Å². The van der Waals surface area contributed by atoms with Gasteiger partial charge in [-0.3, -0.25) is 0 Å². The standard InChI is InChI=1S/C12H22N4O2/c1-4-13-8(2)11-14-15-12(18-11)16(3)7-9-5-10(17)6-9/h8-10,13,17H,4-7H2,1-3H3. The monoisotopic (exact) mass is 254 g/mol. The van der Waals surface area contributed by atoms with Crippen LogP contribution >= 0.6 is 0 Å². The summed E-state index contributed by atoms with van der Waals surface area (Å²) >= 11 is 0. The molecule has 1 unspecified atom stereocenters. The molecule has 6 heteroatoms. The molecule has 1 aromatic heterocycles. The molecule has 0 radical (unpaired) electrons. The van der Waals surface area contributed by atoms with E-state index in [1.807, 2.05) is 25.8 Å². The third-order valence-corrected chi connectivity index (χ3v) is 3.38. The Labute approximate surface area is 107 Å². The van der Waals surface area contributed by atoms with Crippen molar-refractivity contribution in [2.75, 3.05) is 25.0 Å². The van der Waals surface area contributed by atoms with E-state index in [2.05, 4.69) is 15.5 Å². The van der Waals surface area contributed by atoms with Crippen LogP contribution in [0, 0.1) is 5.92 Å². The van der Waals surface area contributed by atoms with Crippen LogP contribution in [0.2, 0.25) is 0 Å². The third kappa shape index (κ3) is 3.00. The molecule has 2 rings (SSSR count). The summed E-state index contributed by atoms with van der Waals surface area (Å²) in [6.07, 6.45) is 1.63. The Kier molecular flexibility index (Phi) is 4.19. The highest BCUT2D eigenvalue weighted by Gasteiger charge is 2.29. The van der Waals surface area contributed by atoms with E-state index in [9.17, 15) is 5.11 Å². The maximum atomic E-state index is 9.26. The zero-order valence-corrected chi connectivity index (χ0v) is 11.3. The molecule has 102 valence electrons. The average molecular weight is 254 g/mol. The van der Waals surface area contributed by atoms with Gasteiger partial charge in [-0.25, -0.2) is 0 Å². The molecule has 6 nitrogen and oxygen atoms in total. The first kappa shape index (κ1) is 13.3. The van der Waals surface area contributed by atoms with E-state index < -0.39 is 0 Å². The summed E-state index contributed by atoms with van der Waals surface area (Å²) in [7, 11) is 1.94. The molecule has 0 aliphatic heterocycles. The number of nitrogens with one attached hydrogen (secondary N) is 1. The fourth-order valence-electron chi connectivity index (χ4n) is 2.26. The van der Waals surface area contributed by atoms with Crippen molar-refractivity contribution in [2.24, 2.45) is 5.92 Å². The first-order valence-electron chi connectivity index (χ1n) is 6.56. The predicted molar refractivity (Wildman–Crippen MR) is 68.4 cm³/mol. The second-order valence-corrected chi connectivity index (χ2v) is 5.07. The zero-order valence-electron chi connectivity index (χ0n) is 11.3. The van der Waals surface area contributed by atoms with Crippen LogP contribution in [0.15, 0.2) is 4.42 Å². The first-order chi connectivity index (χ1) is 8.60. The number of aliphatic hydroxyl groups excluding tert-OH is 1. The van der Waals surface area contributed by atoms with Gasteiger partial charge in [0.25, 0.3) is 0 Å². The topological polar surface area (TPSA) is 74.4 Å².